The molecule has 0 radical (unpaired) electrons. The van der Waals surface area contributed by atoms with E-state index in [1.54, 1.807) is 0 Å². The second kappa shape index (κ2) is 8.06. The van der Waals surface area contributed by atoms with Crippen LogP contribution >= 0.6 is 24.0 Å². The summed E-state index contributed by atoms with van der Waals surface area (Å²) in [6.07, 6.45) is -4.62. The second-order valence-electron chi connectivity index (χ2n) is 3.72. The van der Waals surface area contributed by atoms with Crippen LogP contribution in [0.25, 0.3) is 0 Å². The molecule has 118 valence electrons. The summed E-state index contributed by atoms with van der Waals surface area (Å²) in [5.41, 5.74) is 3.88. The van der Waals surface area contributed by atoms with Gasteiger partial charge in [-0.05, 0) is 18.2 Å². The molecule has 0 aliphatic carbocycles. The Labute approximate surface area is 129 Å². The highest BCUT2D eigenvalue weighted by Gasteiger charge is 2.33. The van der Waals surface area contributed by atoms with Gasteiger partial charge in [-0.25, -0.2) is 0 Å². The van der Waals surface area contributed by atoms with Crippen LogP contribution in [0.1, 0.15) is 5.56 Å². The van der Waals surface area contributed by atoms with Gasteiger partial charge in [0, 0.05) is 5.69 Å². The normalized spacial score (nSPS) is 10.5. The summed E-state index contributed by atoms with van der Waals surface area (Å²) >= 11 is 5.44. The van der Waals surface area contributed by atoms with Gasteiger partial charge in [-0.2, -0.15) is 13.2 Å². The van der Waals surface area contributed by atoms with Gasteiger partial charge in [-0.3, -0.25) is 9.59 Å². The number of amides is 2. The number of rotatable bonds is 4. The zero-order chi connectivity index (χ0) is 15.3. The summed E-state index contributed by atoms with van der Waals surface area (Å²) in [5, 5.41) is 3.93. The van der Waals surface area contributed by atoms with Crippen molar-refractivity contribution in [3.05, 3.63) is 28.8 Å². The quantitative estimate of drug-likeness (QED) is 0.777. The van der Waals surface area contributed by atoms with E-state index in [9.17, 15) is 22.8 Å². The van der Waals surface area contributed by atoms with Crippen LogP contribution in [0, 0.1) is 0 Å². The molecule has 0 aliphatic rings. The highest BCUT2D eigenvalue weighted by atomic mass is 35.5. The van der Waals surface area contributed by atoms with E-state index in [0.717, 1.165) is 6.07 Å². The highest BCUT2D eigenvalue weighted by Crippen LogP contribution is 2.36. The van der Waals surface area contributed by atoms with Crippen molar-refractivity contribution in [2.75, 3.05) is 18.4 Å². The van der Waals surface area contributed by atoms with E-state index in [4.69, 9.17) is 17.3 Å². The number of halogens is 5. The molecule has 2 amide bonds. The number of nitrogens with one attached hydrogen (secondary N) is 2. The minimum absolute atomic E-state index is 0. The van der Waals surface area contributed by atoms with E-state index >= 15 is 0 Å². The van der Waals surface area contributed by atoms with Crippen molar-refractivity contribution < 1.29 is 22.8 Å². The minimum Gasteiger partial charge on any atom is -0.346 e. The number of hydrogen-bond donors (Lipinski definition) is 3. The Bertz CT molecular complexity index is 524. The molecule has 0 fully saturated rings. The smallest absolute Gasteiger partial charge is 0.346 e. The molecule has 1 rings (SSSR count). The van der Waals surface area contributed by atoms with Crippen LogP contribution in [-0.4, -0.2) is 24.9 Å². The molecule has 1 aromatic rings. The van der Waals surface area contributed by atoms with Crippen LogP contribution in [0.3, 0.4) is 0 Å². The lowest BCUT2D eigenvalue weighted by molar-refractivity contribution is -0.137. The maximum atomic E-state index is 12.6. The average molecular weight is 346 g/mol. The molecule has 0 spiro atoms. The second-order valence-corrected chi connectivity index (χ2v) is 4.13. The standard InChI is InChI=1S/C11H11ClF3N3O2.ClH/c12-8-2-1-6(3-7(8)11(13,14)15)18-10(20)5-17-9(19)4-16;/h1-3H,4-5,16H2,(H,17,19)(H,18,20);1H. The fourth-order valence-corrected chi connectivity index (χ4v) is 1.50. The molecule has 0 saturated heterocycles. The number of carbonyl (C=O) groups is 2. The lowest BCUT2D eigenvalue weighted by atomic mass is 10.2. The molecule has 0 aromatic heterocycles. The van der Waals surface area contributed by atoms with Crippen LogP contribution in [0.2, 0.25) is 5.02 Å². The van der Waals surface area contributed by atoms with Crippen molar-refractivity contribution in [2.45, 2.75) is 6.18 Å². The van der Waals surface area contributed by atoms with Gasteiger partial charge >= 0.3 is 6.18 Å². The molecular weight excluding hydrogens is 334 g/mol. The first-order valence-electron chi connectivity index (χ1n) is 5.37. The summed E-state index contributed by atoms with van der Waals surface area (Å²) < 4.78 is 37.8. The molecule has 10 heteroatoms. The topological polar surface area (TPSA) is 84.2 Å². The molecule has 4 N–H and O–H groups in total. The molecular formula is C11H12Cl2F3N3O2. The van der Waals surface area contributed by atoms with Crippen molar-refractivity contribution in [3.8, 4) is 0 Å². The molecule has 0 heterocycles. The van der Waals surface area contributed by atoms with Gasteiger partial charge in [0.25, 0.3) is 0 Å². The summed E-state index contributed by atoms with van der Waals surface area (Å²) in [6.45, 7) is -0.674. The Balaban J connectivity index is 0.00000400. The van der Waals surface area contributed by atoms with E-state index in [2.05, 4.69) is 10.6 Å². The van der Waals surface area contributed by atoms with E-state index in [-0.39, 0.29) is 31.2 Å². The van der Waals surface area contributed by atoms with Crippen molar-refractivity contribution in [1.29, 1.82) is 0 Å². The van der Waals surface area contributed by atoms with Gasteiger partial charge in [0.2, 0.25) is 11.8 Å². The van der Waals surface area contributed by atoms with Gasteiger partial charge in [0.15, 0.2) is 0 Å². The van der Waals surface area contributed by atoms with Gasteiger partial charge < -0.3 is 16.4 Å². The zero-order valence-electron chi connectivity index (χ0n) is 10.5. The number of benzene rings is 1. The lowest BCUT2D eigenvalue weighted by Gasteiger charge is -2.12. The van der Waals surface area contributed by atoms with Gasteiger partial charge in [0.05, 0.1) is 23.7 Å². The van der Waals surface area contributed by atoms with Crippen LogP contribution < -0.4 is 16.4 Å². The summed E-state index contributed by atoms with van der Waals surface area (Å²) in [7, 11) is 0. The molecule has 21 heavy (non-hydrogen) atoms. The largest absolute Gasteiger partial charge is 0.417 e. The average Bonchev–Trinajstić information content (AvgIpc) is 2.37. The molecule has 0 atom stereocenters. The number of nitrogens with two attached hydrogens (primary N) is 1. The number of anilines is 1. The SMILES string of the molecule is Cl.NCC(=O)NCC(=O)Nc1ccc(Cl)c(C(F)(F)F)c1. The third-order valence-electron chi connectivity index (χ3n) is 2.19. The molecule has 1 aromatic carbocycles. The van der Waals surface area contributed by atoms with Crippen LogP contribution in [0.4, 0.5) is 18.9 Å². The highest BCUT2D eigenvalue weighted by molar-refractivity contribution is 6.31. The first-order valence-corrected chi connectivity index (χ1v) is 5.75. The lowest BCUT2D eigenvalue weighted by Crippen LogP contribution is -2.36. The van der Waals surface area contributed by atoms with Crippen LogP contribution in [0.15, 0.2) is 18.2 Å². The van der Waals surface area contributed by atoms with E-state index < -0.39 is 28.6 Å². The van der Waals surface area contributed by atoms with Gasteiger partial charge in [-0.15, -0.1) is 12.4 Å². The van der Waals surface area contributed by atoms with E-state index in [1.165, 1.54) is 6.07 Å². The van der Waals surface area contributed by atoms with Gasteiger partial charge in [0.1, 0.15) is 0 Å². The third kappa shape index (κ3) is 6.19. The van der Waals surface area contributed by atoms with Crippen LogP contribution in [-0.2, 0) is 15.8 Å². The van der Waals surface area contributed by atoms with Crippen molar-refractivity contribution >= 4 is 41.5 Å². The Kier molecular flexibility index (Phi) is 7.48. The van der Waals surface area contributed by atoms with Crippen LogP contribution in [0.5, 0.6) is 0 Å². The molecule has 0 unspecified atom stereocenters. The van der Waals surface area contributed by atoms with Gasteiger partial charge in [-0.1, -0.05) is 11.6 Å². The van der Waals surface area contributed by atoms with E-state index in [1.807, 2.05) is 0 Å². The molecule has 0 aliphatic heterocycles. The Morgan fingerprint density at radius 1 is 1.24 bits per heavy atom. The first kappa shape index (κ1) is 19.5. The number of hydrogen-bond acceptors (Lipinski definition) is 3. The summed E-state index contributed by atoms with van der Waals surface area (Å²) in [5.74, 6) is -1.23. The maximum Gasteiger partial charge on any atom is 0.417 e. The molecule has 5 nitrogen and oxygen atoms in total. The summed E-state index contributed by atoms with van der Waals surface area (Å²) in [4.78, 5) is 22.2. The maximum absolute atomic E-state index is 12.6. The fourth-order valence-electron chi connectivity index (χ4n) is 1.28. The monoisotopic (exact) mass is 345 g/mol. The Morgan fingerprint density at radius 3 is 2.38 bits per heavy atom. The van der Waals surface area contributed by atoms with Crippen molar-refractivity contribution in [3.63, 3.8) is 0 Å². The molecule has 0 bridgehead atoms. The summed E-state index contributed by atoms with van der Waals surface area (Å²) in [6, 6.07) is 2.96. The van der Waals surface area contributed by atoms with Crippen molar-refractivity contribution in [1.82, 2.24) is 5.32 Å². The molecule has 0 saturated carbocycles. The van der Waals surface area contributed by atoms with Crippen molar-refractivity contribution in [2.24, 2.45) is 5.73 Å². The minimum atomic E-state index is -4.62. The predicted octanol–water partition coefficient (Wildman–Crippen LogP) is 1.79. The Hall–Kier alpha value is -1.51. The zero-order valence-corrected chi connectivity index (χ0v) is 12.0. The fraction of sp³-hybridized carbons (Fsp3) is 0.273. The predicted molar refractivity (Wildman–Crippen MR) is 74.4 cm³/mol. The number of carbonyl (C=O) groups excluding carboxylic acids is 2. The third-order valence-corrected chi connectivity index (χ3v) is 2.52. The van der Waals surface area contributed by atoms with E-state index in [0.29, 0.717) is 6.07 Å². The first-order chi connectivity index (χ1) is 9.24. The number of alkyl halides is 3. The Morgan fingerprint density at radius 2 is 1.86 bits per heavy atom.